The minimum Gasteiger partial charge on any atom is -0.341 e. The molecular weight excluding hydrogens is 376 g/mol. The Labute approximate surface area is 167 Å². The molecule has 0 spiro atoms. The number of carbonyl (C=O) groups excluding carboxylic acids is 2. The fourth-order valence-electron chi connectivity index (χ4n) is 2.56. The van der Waals surface area contributed by atoms with Crippen molar-refractivity contribution >= 4 is 35.5 Å². The standard InChI is InChI=1S/C19H20N6O2S/c1-12-3-5-13(6-4-12)17-23-24-19(28)25(17)11-16(26)21-14-7-9-15(10-8-14)22-18(27)20-2/h3-10H,11H2,1-2H3,(H,21,26)(H,24,28)(H2,20,22,27). The summed E-state index contributed by atoms with van der Waals surface area (Å²) in [4.78, 5) is 23.8. The molecule has 0 aliphatic carbocycles. The summed E-state index contributed by atoms with van der Waals surface area (Å²) in [6.45, 7) is 2.03. The third-order valence-electron chi connectivity index (χ3n) is 4.02. The molecule has 0 aliphatic heterocycles. The quantitative estimate of drug-likeness (QED) is 0.497. The third kappa shape index (κ3) is 4.63. The number of urea groups is 1. The van der Waals surface area contributed by atoms with Gasteiger partial charge in [-0.2, -0.15) is 5.10 Å². The molecule has 28 heavy (non-hydrogen) atoms. The van der Waals surface area contributed by atoms with Gasteiger partial charge in [-0.3, -0.25) is 14.5 Å². The van der Waals surface area contributed by atoms with Crippen LogP contribution < -0.4 is 16.0 Å². The zero-order valence-electron chi connectivity index (χ0n) is 15.4. The summed E-state index contributed by atoms with van der Waals surface area (Å²) < 4.78 is 2.02. The van der Waals surface area contributed by atoms with Gasteiger partial charge in [0.15, 0.2) is 10.6 Å². The number of aryl methyl sites for hydroxylation is 1. The van der Waals surface area contributed by atoms with Gasteiger partial charge in [-0.1, -0.05) is 29.8 Å². The molecule has 0 unspecified atom stereocenters. The Hall–Kier alpha value is -3.46. The predicted octanol–water partition coefficient (Wildman–Crippen LogP) is 3.31. The highest BCUT2D eigenvalue weighted by Gasteiger charge is 2.12. The Bertz CT molecular complexity index is 1040. The normalized spacial score (nSPS) is 10.4. The number of hydrogen-bond donors (Lipinski definition) is 4. The van der Waals surface area contributed by atoms with Gasteiger partial charge < -0.3 is 16.0 Å². The van der Waals surface area contributed by atoms with Crippen molar-refractivity contribution in [2.45, 2.75) is 13.5 Å². The van der Waals surface area contributed by atoms with Gasteiger partial charge in [-0.15, -0.1) is 0 Å². The van der Waals surface area contributed by atoms with Crippen LogP contribution in [0, 0.1) is 11.7 Å². The molecule has 0 saturated carbocycles. The molecule has 9 heteroatoms. The van der Waals surface area contributed by atoms with Crippen molar-refractivity contribution in [3.8, 4) is 11.4 Å². The smallest absolute Gasteiger partial charge is 0.318 e. The van der Waals surface area contributed by atoms with Gasteiger partial charge >= 0.3 is 6.03 Å². The Kier molecular flexibility index (Phi) is 5.85. The molecule has 0 bridgehead atoms. The molecule has 0 saturated heterocycles. The molecule has 3 aromatic rings. The van der Waals surface area contributed by atoms with Gasteiger partial charge in [0.05, 0.1) is 0 Å². The van der Waals surface area contributed by atoms with Crippen LogP contribution in [0.3, 0.4) is 0 Å². The van der Waals surface area contributed by atoms with E-state index in [2.05, 4.69) is 26.1 Å². The molecular formula is C19H20N6O2S. The molecule has 0 aliphatic rings. The number of nitrogens with one attached hydrogen (secondary N) is 4. The van der Waals surface area contributed by atoms with E-state index in [4.69, 9.17) is 12.2 Å². The van der Waals surface area contributed by atoms with Crippen LogP contribution in [-0.4, -0.2) is 33.8 Å². The summed E-state index contributed by atoms with van der Waals surface area (Å²) in [7, 11) is 1.54. The summed E-state index contributed by atoms with van der Waals surface area (Å²) in [5, 5.41) is 14.9. The highest BCUT2D eigenvalue weighted by Crippen LogP contribution is 2.18. The van der Waals surface area contributed by atoms with Crippen LogP contribution in [-0.2, 0) is 11.3 Å². The fourth-order valence-corrected chi connectivity index (χ4v) is 2.76. The minimum absolute atomic E-state index is 0.0246. The van der Waals surface area contributed by atoms with Crippen molar-refractivity contribution in [3.05, 3.63) is 58.9 Å². The van der Waals surface area contributed by atoms with Gasteiger partial charge in [0.1, 0.15) is 6.54 Å². The maximum absolute atomic E-state index is 12.5. The molecule has 8 nitrogen and oxygen atoms in total. The third-order valence-corrected chi connectivity index (χ3v) is 4.34. The topological polar surface area (TPSA) is 104 Å². The van der Waals surface area contributed by atoms with Crippen molar-refractivity contribution < 1.29 is 9.59 Å². The summed E-state index contributed by atoms with van der Waals surface area (Å²) in [5.41, 5.74) is 3.24. The van der Waals surface area contributed by atoms with E-state index in [1.165, 1.54) is 7.05 Å². The van der Waals surface area contributed by atoms with Gasteiger partial charge in [0.25, 0.3) is 0 Å². The first kappa shape index (κ1) is 19.3. The second-order valence-corrected chi connectivity index (χ2v) is 6.52. The Morgan fingerprint density at radius 2 is 1.64 bits per heavy atom. The van der Waals surface area contributed by atoms with E-state index in [0.717, 1.165) is 11.1 Å². The second kappa shape index (κ2) is 8.49. The van der Waals surface area contributed by atoms with E-state index in [1.54, 1.807) is 28.8 Å². The van der Waals surface area contributed by atoms with Crippen LogP contribution in [0.1, 0.15) is 5.56 Å². The lowest BCUT2D eigenvalue weighted by molar-refractivity contribution is -0.116. The predicted molar refractivity (Wildman–Crippen MR) is 111 cm³/mol. The van der Waals surface area contributed by atoms with Gasteiger partial charge in [-0.05, 0) is 43.4 Å². The van der Waals surface area contributed by atoms with E-state index >= 15 is 0 Å². The lowest BCUT2D eigenvalue weighted by atomic mass is 10.1. The summed E-state index contributed by atoms with van der Waals surface area (Å²) in [6.07, 6.45) is 0. The first-order valence-electron chi connectivity index (χ1n) is 8.57. The number of benzene rings is 2. The second-order valence-electron chi connectivity index (χ2n) is 6.13. The number of carbonyl (C=O) groups is 2. The van der Waals surface area contributed by atoms with E-state index in [9.17, 15) is 9.59 Å². The first-order chi connectivity index (χ1) is 13.5. The molecule has 0 fully saturated rings. The summed E-state index contributed by atoms with van der Waals surface area (Å²) >= 11 is 5.27. The fraction of sp³-hybridized carbons (Fsp3) is 0.158. The molecule has 3 amide bonds. The molecule has 1 aromatic heterocycles. The highest BCUT2D eigenvalue weighted by molar-refractivity contribution is 7.71. The lowest BCUT2D eigenvalue weighted by Crippen LogP contribution is -2.24. The van der Waals surface area contributed by atoms with E-state index in [-0.39, 0.29) is 18.5 Å². The van der Waals surface area contributed by atoms with Crippen LogP contribution in [0.4, 0.5) is 16.2 Å². The molecule has 144 valence electrons. The number of amides is 3. The minimum atomic E-state index is -0.310. The Morgan fingerprint density at radius 1 is 1.04 bits per heavy atom. The van der Waals surface area contributed by atoms with Crippen LogP contribution in [0.2, 0.25) is 0 Å². The SMILES string of the molecule is CNC(=O)Nc1ccc(NC(=O)Cn2c(-c3ccc(C)cc3)n[nH]c2=S)cc1. The number of anilines is 2. The van der Waals surface area contributed by atoms with Crippen molar-refractivity contribution in [3.63, 3.8) is 0 Å². The molecule has 1 heterocycles. The molecule has 0 radical (unpaired) electrons. The number of hydrogen-bond acceptors (Lipinski definition) is 4. The van der Waals surface area contributed by atoms with Gasteiger partial charge in [-0.25, -0.2) is 4.79 Å². The molecule has 3 rings (SSSR count). The monoisotopic (exact) mass is 396 g/mol. The maximum atomic E-state index is 12.5. The van der Waals surface area contributed by atoms with Crippen LogP contribution >= 0.6 is 12.2 Å². The Morgan fingerprint density at radius 3 is 2.25 bits per heavy atom. The van der Waals surface area contributed by atoms with Crippen LogP contribution in [0.15, 0.2) is 48.5 Å². The van der Waals surface area contributed by atoms with E-state index in [0.29, 0.717) is 22.0 Å². The largest absolute Gasteiger partial charge is 0.341 e. The van der Waals surface area contributed by atoms with Gasteiger partial charge in [0, 0.05) is 24.0 Å². The zero-order valence-corrected chi connectivity index (χ0v) is 16.3. The average Bonchev–Trinajstić information content (AvgIpc) is 3.04. The van der Waals surface area contributed by atoms with Crippen molar-refractivity contribution in [1.29, 1.82) is 0 Å². The zero-order chi connectivity index (χ0) is 20.1. The van der Waals surface area contributed by atoms with Crippen molar-refractivity contribution in [2.75, 3.05) is 17.7 Å². The average molecular weight is 396 g/mol. The lowest BCUT2D eigenvalue weighted by Gasteiger charge is -2.09. The van der Waals surface area contributed by atoms with Crippen LogP contribution in [0.5, 0.6) is 0 Å². The number of H-pyrrole nitrogens is 1. The first-order valence-corrected chi connectivity index (χ1v) is 8.98. The van der Waals surface area contributed by atoms with E-state index in [1.807, 2.05) is 31.2 Å². The number of nitrogens with zero attached hydrogens (tertiary/aromatic N) is 2. The van der Waals surface area contributed by atoms with Crippen molar-refractivity contribution in [1.82, 2.24) is 20.1 Å². The maximum Gasteiger partial charge on any atom is 0.318 e. The Balaban J connectivity index is 1.70. The number of aromatic nitrogens is 3. The highest BCUT2D eigenvalue weighted by atomic mass is 32.1. The van der Waals surface area contributed by atoms with Gasteiger partial charge in [0.2, 0.25) is 5.91 Å². The summed E-state index contributed by atoms with van der Waals surface area (Å²) in [5.74, 6) is 0.364. The van der Waals surface area contributed by atoms with Crippen LogP contribution in [0.25, 0.3) is 11.4 Å². The number of aromatic amines is 1. The molecule has 0 atom stereocenters. The summed E-state index contributed by atoms with van der Waals surface area (Å²) in [6, 6.07) is 14.3. The molecule has 4 N–H and O–H groups in total. The molecule has 2 aromatic carbocycles. The van der Waals surface area contributed by atoms with E-state index < -0.39 is 0 Å². The van der Waals surface area contributed by atoms with Crippen molar-refractivity contribution in [2.24, 2.45) is 0 Å². The number of rotatable bonds is 5.